The summed E-state index contributed by atoms with van der Waals surface area (Å²) in [5.74, 6) is 0.598. The molecule has 3 aromatic rings. The van der Waals surface area contributed by atoms with Gasteiger partial charge in [0, 0.05) is 7.05 Å². The van der Waals surface area contributed by atoms with E-state index in [0.29, 0.717) is 27.9 Å². The lowest BCUT2D eigenvalue weighted by Gasteiger charge is -2.14. The van der Waals surface area contributed by atoms with Crippen LogP contribution in [0.5, 0.6) is 11.5 Å². The van der Waals surface area contributed by atoms with Gasteiger partial charge in [-0.15, -0.1) is 0 Å². The highest BCUT2D eigenvalue weighted by atomic mass is 32.2. The van der Waals surface area contributed by atoms with Crippen molar-refractivity contribution in [2.45, 2.75) is 45.8 Å². The van der Waals surface area contributed by atoms with Crippen LogP contribution in [-0.4, -0.2) is 40.2 Å². The molecule has 0 radical (unpaired) electrons. The number of hydrogen-bond acceptors (Lipinski definition) is 6. The number of ether oxygens (including phenoxy) is 2. The lowest BCUT2D eigenvalue weighted by Crippen LogP contribution is -2.23. The van der Waals surface area contributed by atoms with Crippen molar-refractivity contribution in [3.05, 3.63) is 94.4 Å². The first kappa shape index (κ1) is 28.0. The predicted octanol–water partition coefficient (Wildman–Crippen LogP) is 6.69. The van der Waals surface area contributed by atoms with E-state index in [1.807, 2.05) is 54.6 Å². The minimum absolute atomic E-state index is 0.0399. The number of amidine groups is 1. The number of likely N-dealkylation sites (N-methyl/N-ethyl adjacent to an activating group) is 1. The monoisotopic (exact) mass is 544 g/mol. The maximum absolute atomic E-state index is 12.8. The smallest absolute Gasteiger partial charge is 0.307 e. The van der Waals surface area contributed by atoms with Gasteiger partial charge < -0.3 is 14.6 Å². The van der Waals surface area contributed by atoms with Gasteiger partial charge >= 0.3 is 5.97 Å². The van der Waals surface area contributed by atoms with Crippen LogP contribution in [0.3, 0.4) is 0 Å². The summed E-state index contributed by atoms with van der Waals surface area (Å²) in [4.78, 5) is 30.3. The third kappa shape index (κ3) is 7.97. The molecule has 0 aromatic heterocycles. The summed E-state index contributed by atoms with van der Waals surface area (Å²) in [6.45, 7) is 4.68. The van der Waals surface area contributed by atoms with E-state index in [2.05, 4.69) is 18.8 Å². The fraction of sp³-hybridized carbons (Fsp3) is 0.258. The van der Waals surface area contributed by atoms with E-state index < -0.39 is 5.97 Å². The first-order valence-electron chi connectivity index (χ1n) is 12.9. The van der Waals surface area contributed by atoms with Crippen LogP contribution in [-0.2, 0) is 22.6 Å². The number of carbonyl (C=O) groups excluding carboxylic acids is 1. The Hall–Kier alpha value is -4.04. The Morgan fingerprint density at radius 3 is 2.28 bits per heavy atom. The topological polar surface area (TPSA) is 88.4 Å². The highest BCUT2D eigenvalue weighted by Gasteiger charge is 2.30. The summed E-state index contributed by atoms with van der Waals surface area (Å²) < 4.78 is 11.8. The van der Waals surface area contributed by atoms with Gasteiger partial charge in [0.2, 0.25) is 0 Å². The molecule has 7 nitrogen and oxygen atoms in total. The zero-order valence-electron chi connectivity index (χ0n) is 22.3. The highest BCUT2D eigenvalue weighted by Crippen LogP contribution is 2.33. The van der Waals surface area contributed by atoms with E-state index in [1.165, 1.54) is 16.7 Å². The Morgan fingerprint density at radius 1 is 1.00 bits per heavy atom. The molecule has 0 spiro atoms. The second-order valence-electron chi connectivity index (χ2n) is 9.32. The van der Waals surface area contributed by atoms with Crippen LogP contribution >= 0.6 is 11.8 Å². The number of amides is 1. The number of rotatable bonds is 11. The molecule has 1 unspecified atom stereocenters. The zero-order valence-corrected chi connectivity index (χ0v) is 23.1. The molecule has 1 N–H and O–H groups in total. The molecule has 1 heterocycles. The van der Waals surface area contributed by atoms with Crippen molar-refractivity contribution < 1.29 is 24.2 Å². The van der Waals surface area contributed by atoms with Gasteiger partial charge in [-0.2, -0.15) is 0 Å². The van der Waals surface area contributed by atoms with Crippen molar-refractivity contribution in [1.29, 1.82) is 0 Å². The van der Waals surface area contributed by atoms with Gasteiger partial charge in [0.25, 0.3) is 5.91 Å². The van der Waals surface area contributed by atoms with Crippen LogP contribution in [0.4, 0.5) is 5.69 Å². The van der Waals surface area contributed by atoms with E-state index >= 15 is 0 Å². The number of nitrogens with zero attached hydrogens (tertiary/aromatic N) is 2. The van der Waals surface area contributed by atoms with Crippen LogP contribution in [0.1, 0.15) is 43.4 Å². The van der Waals surface area contributed by atoms with Crippen LogP contribution in [0.25, 0.3) is 6.08 Å². The number of carboxylic acids is 1. The molecule has 202 valence electrons. The van der Waals surface area contributed by atoms with Crippen molar-refractivity contribution in [3.63, 3.8) is 0 Å². The van der Waals surface area contributed by atoms with Crippen molar-refractivity contribution in [1.82, 2.24) is 4.90 Å². The lowest BCUT2D eigenvalue weighted by atomic mass is 10.1. The van der Waals surface area contributed by atoms with Gasteiger partial charge in [-0.25, -0.2) is 4.99 Å². The van der Waals surface area contributed by atoms with E-state index in [0.717, 1.165) is 35.5 Å². The molecular formula is C31H32N2O5S. The molecule has 1 aliphatic heterocycles. The molecule has 8 heteroatoms. The van der Waals surface area contributed by atoms with E-state index in [9.17, 15) is 9.59 Å². The van der Waals surface area contributed by atoms with Crippen LogP contribution in [0.2, 0.25) is 0 Å². The Balaban J connectivity index is 1.34. The second-order valence-corrected chi connectivity index (χ2v) is 10.3. The standard InChI is InChI=1S/C31H32N2O5S/c1-4-5-21(2)38-27-16-10-24(11-17-27)20-37-26-14-8-22(9-15-26)18-28-30(36)33(3)31(39-28)32-25-12-6-23(7-13-25)19-29(34)35/h6-18,21H,4-5,19-20H2,1-3H3,(H,34,35)/b28-18-,32-31?. The fourth-order valence-corrected chi connectivity index (χ4v) is 4.95. The lowest BCUT2D eigenvalue weighted by molar-refractivity contribution is -0.136. The largest absolute Gasteiger partial charge is 0.491 e. The van der Waals surface area contributed by atoms with E-state index in [1.54, 1.807) is 31.3 Å². The van der Waals surface area contributed by atoms with Gasteiger partial charge in [0.1, 0.15) is 18.1 Å². The quantitative estimate of drug-likeness (QED) is 0.271. The summed E-state index contributed by atoms with van der Waals surface area (Å²) in [5.41, 5.74) is 3.29. The fourth-order valence-electron chi connectivity index (χ4n) is 3.97. The maximum Gasteiger partial charge on any atom is 0.307 e. The van der Waals surface area contributed by atoms with Gasteiger partial charge in [0.15, 0.2) is 5.17 Å². The number of benzene rings is 3. The van der Waals surface area contributed by atoms with Crippen LogP contribution < -0.4 is 9.47 Å². The van der Waals surface area contributed by atoms with Gasteiger partial charge in [0.05, 0.1) is 23.1 Å². The molecule has 0 saturated carbocycles. The minimum atomic E-state index is -0.881. The summed E-state index contributed by atoms with van der Waals surface area (Å²) in [6.07, 6.45) is 4.12. The molecule has 1 aliphatic rings. The molecule has 1 amide bonds. The van der Waals surface area contributed by atoms with Gasteiger partial charge in [-0.3, -0.25) is 14.5 Å². The average molecular weight is 545 g/mol. The Bertz CT molecular complexity index is 1350. The molecule has 1 fully saturated rings. The normalized spacial score (nSPS) is 16.1. The van der Waals surface area contributed by atoms with E-state index in [-0.39, 0.29) is 18.4 Å². The number of carbonyl (C=O) groups is 2. The molecule has 3 aromatic carbocycles. The Kier molecular flexibility index (Phi) is 9.44. The SMILES string of the molecule is CCCC(C)Oc1ccc(COc2ccc(/C=C3\SC(=Nc4ccc(CC(=O)O)cc4)N(C)C3=O)cc2)cc1. The summed E-state index contributed by atoms with van der Waals surface area (Å²) >= 11 is 1.30. The maximum atomic E-state index is 12.8. The predicted molar refractivity (Wildman–Crippen MR) is 155 cm³/mol. The Labute approximate surface area is 233 Å². The zero-order chi connectivity index (χ0) is 27.8. The molecule has 1 saturated heterocycles. The number of thioether (sulfide) groups is 1. The van der Waals surface area contributed by atoms with Crippen molar-refractivity contribution in [2.75, 3.05) is 7.05 Å². The molecule has 0 bridgehead atoms. The number of aliphatic imine (C=N–C) groups is 1. The first-order valence-corrected chi connectivity index (χ1v) is 13.7. The number of aliphatic carboxylic acids is 1. The molecule has 4 rings (SSSR count). The summed E-state index contributed by atoms with van der Waals surface area (Å²) in [5, 5.41) is 9.48. The summed E-state index contributed by atoms with van der Waals surface area (Å²) in [7, 11) is 1.69. The average Bonchev–Trinajstić information content (AvgIpc) is 3.17. The van der Waals surface area contributed by atoms with Crippen molar-refractivity contribution in [2.24, 2.45) is 4.99 Å². The van der Waals surface area contributed by atoms with Crippen molar-refractivity contribution in [3.8, 4) is 11.5 Å². The first-order chi connectivity index (χ1) is 18.8. The van der Waals surface area contributed by atoms with Crippen molar-refractivity contribution >= 4 is 40.6 Å². The van der Waals surface area contributed by atoms with Crippen LogP contribution in [0.15, 0.2) is 82.7 Å². The number of hydrogen-bond donors (Lipinski definition) is 1. The number of carboxylic acid groups (broad SMARTS) is 1. The molecular weight excluding hydrogens is 512 g/mol. The minimum Gasteiger partial charge on any atom is -0.491 e. The third-order valence-electron chi connectivity index (χ3n) is 6.06. The van der Waals surface area contributed by atoms with E-state index in [4.69, 9.17) is 14.6 Å². The second kappa shape index (κ2) is 13.2. The van der Waals surface area contributed by atoms with Crippen LogP contribution in [0, 0.1) is 0 Å². The van der Waals surface area contributed by atoms with Gasteiger partial charge in [-0.1, -0.05) is 49.7 Å². The third-order valence-corrected chi connectivity index (χ3v) is 7.12. The highest BCUT2D eigenvalue weighted by molar-refractivity contribution is 8.18. The molecule has 39 heavy (non-hydrogen) atoms. The van der Waals surface area contributed by atoms with Gasteiger partial charge in [-0.05, 0) is 84.3 Å². The Morgan fingerprint density at radius 2 is 1.64 bits per heavy atom. The summed E-state index contributed by atoms with van der Waals surface area (Å²) in [6, 6.07) is 22.5. The molecule has 1 atom stereocenters. The molecule has 0 aliphatic carbocycles.